The zero-order chi connectivity index (χ0) is 14.9. The van der Waals surface area contributed by atoms with Crippen molar-refractivity contribution < 1.29 is 9.53 Å². The summed E-state index contributed by atoms with van der Waals surface area (Å²) >= 11 is 5.94. The van der Waals surface area contributed by atoms with E-state index in [2.05, 4.69) is 20.8 Å². The molecule has 0 radical (unpaired) electrons. The average molecular weight is 296 g/mol. The predicted molar refractivity (Wildman–Crippen MR) is 81.9 cm³/mol. The zero-order valence-corrected chi connectivity index (χ0v) is 13.0. The number of halogens is 1. The fourth-order valence-electron chi connectivity index (χ4n) is 3.22. The molecule has 1 aromatic rings. The molecule has 110 valence electrons. The van der Waals surface area contributed by atoms with Gasteiger partial charge < -0.3 is 10.5 Å². The van der Waals surface area contributed by atoms with Crippen molar-refractivity contribution in [1.29, 1.82) is 0 Å². The first kappa shape index (κ1) is 15.2. The Balaban J connectivity index is 2.05. The van der Waals surface area contributed by atoms with Crippen LogP contribution >= 0.6 is 11.6 Å². The number of anilines is 1. The van der Waals surface area contributed by atoms with E-state index in [-0.39, 0.29) is 17.5 Å². The Morgan fingerprint density at radius 1 is 1.40 bits per heavy atom. The Labute approximate surface area is 125 Å². The fourth-order valence-corrected chi connectivity index (χ4v) is 3.40. The van der Waals surface area contributed by atoms with Crippen LogP contribution in [0.25, 0.3) is 0 Å². The van der Waals surface area contributed by atoms with Gasteiger partial charge in [0.25, 0.3) is 0 Å². The molecular weight excluding hydrogens is 274 g/mol. The van der Waals surface area contributed by atoms with E-state index in [0.29, 0.717) is 22.2 Å². The Bertz CT molecular complexity index is 513. The van der Waals surface area contributed by atoms with Gasteiger partial charge in [-0.15, -0.1) is 0 Å². The number of ether oxygens (including phenoxy) is 1. The Hall–Kier alpha value is -1.22. The highest BCUT2D eigenvalue weighted by atomic mass is 35.5. The lowest BCUT2D eigenvalue weighted by atomic mass is 9.71. The zero-order valence-electron chi connectivity index (χ0n) is 12.3. The van der Waals surface area contributed by atoms with Crippen molar-refractivity contribution >= 4 is 23.3 Å². The van der Waals surface area contributed by atoms with E-state index in [0.717, 1.165) is 12.8 Å². The molecule has 1 saturated carbocycles. The van der Waals surface area contributed by atoms with Gasteiger partial charge in [-0.2, -0.15) is 0 Å². The predicted octanol–water partition coefficient (Wildman–Crippen LogP) is 4.29. The van der Waals surface area contributed by atoms with Crippen LogP contribution in [0, 0.1) is 11.3 Å². The summed E-state index contributed by atoms with van der Waals surface area (Å²) in [4.78, 5) is 12.2. The van der Waals surface area contributed by atoms with Crippen LogP contribution in [0.2, 0.25) is 5.02 Å². The van der Waals surface area contributed by atoms with Crippen LogP contribution in [0.4, 0.5) is 5.69 Å². The van der Waals surface area contributed by atoms with Gasteiger partial charge in [0.2, 0.25) is 0 Å². The summed E-state index contributed by atoms with van der Waals surface area (Å²) in [5.74, 6) is 0.258. The number of hydrogen-bond donors (Lipinski definition) is 1. The lowest BCUT2D eigenvalue weighted by Gasteiger charge is -2.38. The van der Waals surface area contributed by atoms with Crippen molar-refractivity contribution in [2.24, 2.45) is 11.3 Å². The standard InChI is InChI=1S/C16H22ClNO2/c1-10-6-12(9-16(2,3)8-10)20-15(19)11-4-5-14(18)13(17)7-11/h4-5,7,10,12H,6,8-9,18H2,1-3H3. The third kappa shape index (κ3) is 3.66. The van der Waals surface area contributed by atoms with Gasteiger partial charge in [0, 0.05) is 0 Å². The average Bonchev–Trinajstić information content (AvgIpc) is 2.29. The number of nitrogen functional groups attached to an aromatic ring is 1. The largest absolute Gasteiger partial charge is 0.459 e. The summed E-state index contributed by atoms with van der Waals surface area (Å²) in [5.41, 5.74) is 6.79. The first-order valence-electron chi connectivity index (χ1n) is 7.03. The topological polar surface area (TPSA) is 52.3 Å². The number of benzene rings is 1. The first-order valence-corrected chi connectivity index (χ1v) is 7.41. The molecule has 1 aromatic carbocycles. The number of esters is 1. The van der Waals surface area contributed by atoms with Crippen molar-refractivity contribution in [3.8, 4) is 0 Å². The molecule has 2 N–H and O–H groups in total. The summed E-state index contributed by atoms with van der Waals surface area (Å²) < 4.78 is 5.64. The second-order valence-corrected chi connectivity index (χ2v) is 7.08. The molecule has 1 aliphatic rings. The van der Waals surface area contributed by atoms with Crippen LogP contribution in [0.3, 0.4) is 0 Å². The molecule has 0 amide bonds. The van der Waals surface area contributed by atoms with Crippen LogP contribution in [0.5, 0.6) is 0 Å². The maximum Gasteiger partial charge on any atom is 0.338 e. The first-order chi connectivity index (χ1) is 9.27. The third-order valence-corrected chi connectivity index (χ3v) is 4.18. The van der Waals surface area contributed by atoms with E-state index in [9.17, 15) is 4.79 Å². The molecular formula is C16H22ClNO2. The quantitative estimate of drug-likeness (QED) is 0.654. The molecule has 0 heterocycles. The molecule has 1 aliphatic carbocycles. The summed E-state index contributed by atoms with van der Waals surface area (Å²) in [6, 6.07) is 4.85. The molecule has 4 heteroatoms. The number of carbonyl (C=O) groups is 1. The monoisotopic (exact) mass is 295 g/mol. The number of nitrogens with two attached hydrogens (primary N) is 1. The van der Waals surface area contributed by atoms with E-state index >= 15 is 0 Å². The van der Waals surface area contributed by atoms with Gasteiger partial charge in [0.15, 0.2) is 0 Å². The van der Waals surface area contributed by atoms with Crippen molar-refractivity contribution in [3.63, 3.8) is 0 Å². The van der Waals surface area contributed by atoms with Crippen LogP contribution in [0.15, 0.2) is 18.2 Å². The highest BCUT2D eigenvalue weighted by molar-refractivity contribution is 6.33. The van der Waals surface area contributed by atoms with E-state index in [4.69, 9.17) is 22.1 Å². The van der Waals surface area contributed by atoms with Crippen molar-refractivity contribution in [1.82, 2.24) is 0 Å². The second kappa shape index (κ2) is 5.65. The maximum atomic E-state index is 12.2. The number of carbonyl (C=O) groups excluding carboxylic acids is 1. The summed E-state index contributed by atoms with van der Waals surface area (Å²) in [6.07, 6.45) is 3.00. The highest BCUT2D eigenvalue weighted by Gasteiger charge is 2.34. The minimum Gasteiger partial charge on any atom is -0.459 e. The molecule has 0 aliphatic heterocycles. The molecule has 2 unspecified atom stereocenters. The molecule has 3 nitrogen and oxygen atoms in total. The van der Waals surface area contributed by atoms with Gasteiger partial charge in [-0.25, -0.2) is 4.79 Å². The van der Waals surface area contributed by atoms with E-state index in [1.807, 2.05) is 0 Å². The van der Waals surface area contributed by atoms with Crippen molar-refractivity contribution in [2.75, 3.05) is 5.73 Å². The molecule has 2 rings (SSSR count). The van der Waals surface area contributed by atoms with Gasteiger partial charge in [0.1, 0.15) is 6.10 Å². The van der Waals surface area contributed by atoms with Crippen LogP contribution < -0.4 is 5.73 Å². The molecule has 0 aromatic heterocycles. The minimum absolute atomic E-state index is 0.0161. The SMILES string of the molecule is CC1CC(OC(=O)c2ccc(N)c(Cl)c2)CC(C)(C)C1. The van der Waals surface area contributed by atoms with Gasteiger partial charge in [-0.3, -0.25) is 0 Å². The maximum absolute atomic E-state index is 12.2. The molecule has 0 spiro atoms. The minimum atomic E-state index is -0.318. The molecule has 0 saturated heterocycles. The fraction of sp³-hybridized carbons (Fsp3) is 0.562. The van der Waals surface area contributed by atoms with Crippen LogP contribution in [0.1, 0.15) is 50.4 Å². The van der Waals surface area contributed by atoms with Crippen molar-refractivity contribution in [2.45, 2.75) is 46.1 Å². The van der Waals surface area contributed by atoms with E-state index in [1.165, 1.54) is 6.42 Å². The Kier molecular flexibility index (Phi) is 4.28. The smallest absolute Gasteiger partial charge is 0.338 e. The van der Waals surface area contributed by atoms with Gasteiger partial charge in [-0.1, -0.05) is 32.4 Å². The van der Waals surface area contributed by atoms with Crippen LogP contribution in [-0.2, 0) is 4.74 Å². The molecule has 1 fully saturated rings. The third-order valence-electron chi connectivity index (χ3n) is 3.86. The lowest BCUT2D eigenvalue weighted by Crippen LogP contribution is -2.34. The number of rotatable bonds is 2. The van der Waals surface area contributed by atoms with E-state index < -0.39 is 0 Å². The van der Waals surface area contributed by atoms with E-state index in [1.54, 1.807) is 18.2 Å². The Morgan fingerprint density at radius 3 is 2.70 bits per heavy atom. The van der Waals surface area contributed by atoms with Crippen molar-refractivity contribution in [3.05, 3.63) is 28.8 Å². The van der Waals surface area contributed by atoms with Gasteiger partial charge in [-0.05, 0) is 48.8 Å². The molecule has 2 atom stereocenters. The molecule has 20 heavy (non-hydrogen) atoms. The van der Waals surface area contributed by atoms with Gasteiger partial charge >= 0.3 is 5.97 Å². The lowest BCUT2D eigenvalue weighted by molar-refractivity contribution is -0.00714. The summed E-state index contributed by atoms with van der Waals surface area (Å²) in [7, 11) is 0. The normalized spacial score (nSPS) is 25.2. The van der Waals surface area contributed by atoms with Gasteiger partial charge in [0.05, 0.1) is 16.3 Å². The number of hydrogen-bond acceptors (Lipinski definition) is 3. The summed E-state index contributed by atoms with van der Waals surface area (Å²) in [5, 5.41) is 0.386. The Morgan fingerprint density at radius 2 is 2.10 bits per heavy atom. The molecule has 0 bridgehead atoms. The highest BCUT2D eigenvalue weighted by Crippen LogP contribution is 2.39. The second-order valence-electron chi connectivity index (χ2n) is 6.68. The van der Waals surface area contributed by atoms with Crippen LogP contribution in [-0.4, -0.2) is 12.1 Å². The summed E-state index contributed by atoms with van der Waals surface area (Å²) in [6.45, 7) is 6.66.